The van der Waals surface area contributed by atoms with E-state index in [9.17, 15) is 0 Å². The predicted molar refractivity (Wildman–Crippen MR) is 40.4 cm³/mol. The van der Waals surface area contributed by atoms with Crippen molar-refractivity contribution in [3.05, 3.63) is 0 Å². The van der Waals surface area contributed by atoms with Crippen LogP contribution in [0.2, 0.25) is 0 Å². The smallest absolute Gasteiger partial charge is 0.465 e. The average Bonchev–Trinajstić information content (AvgIpc) is 1.90. The van der Waals surface area contributed by atoms with Gasteiger partial charge in [0.1, 0.15) is 0 Å². The van der Waals surface area contributed by atoms with E-state index < -0.39 is 15.6 Å². The summed E-state index contributed by atoms with van der Waals surface area (Å²) in [7, 11) is 3.05. The number of hydrogen-bond acceptors (Lipinski definition) is 4. The van der Waals surface area contributed by atoms with Gasteiger partial charge in [0.05, 0.1) is 0 Å². The van der Waals surface area contributed by atoms with Gasteiger partial charge in [-0.25, -0.2) is 4.79 Å². The Morgan fingerprint density at radius 1 is 1.27 bits per heavy atom. The summed E-state index contributed by atoms with van der Waals surface area (Å²) in [5.41, 5.74) is 4.03. The Hall–Kier alpha value is -0.633. The van der Waals surface area contributed by atoms with Gasteiger partial charge in [0, 0.05) is 21.3 Å². The molecule has 0 unspecified atom stereocenters. The van der Waals surface area contributed by atoms with Gasteiger partial charge in [-0.15, -0.1) is 0 Å². The number of carboxylic acid groups (broad SMARTS) is 1. The molecular formula is C4H13NO5Si. The van der Waals surface area contributed by atoms with Crippen molar-refractivity contribution in [2.75, 3.05) is 21.3 Å². The molecule has 0 rings (SSSR count). The van der Waals surface area contributed by atoms with Crippen LogP contribution in [0.15, 0.2) is 0 Å². The zero-order valence-electron chi connectivity index (χ0n) is 6.73. The standard InChI is InChI=1S/C3H10O3Si.CH3NO2/c1-4-7(5-2)6-3;2-1(3)4/h7H,1-3H3;2H2,(H,3,4). The first-order valence-corrected chi connectivity index (χ1v) is 4.06. The van der Waals surface area contributed by atoms with Crippen LogP contribution in [0, 0.1) is 0 Å². The third-order valence-corrected chi connectivity index (χ3v) is 1.73. The van der Waals surface area contributed by atoms with Crippen molar-refractivity contribution in [2.24, 2.45) is 5.73 Å². The number of primary amides is 1. The number of hydrogen-bond donors (Lipinski definition) is 2. The van der Waals surface area contributed by atoms with Crippen LogP contribution in [0.4, 0.5) is 4.79 Å². The molecule has 0 heterocycles. The van der Waals surface area contributed by atoms with Gasteiger partial charge in [-0.3, -0.25) is 0 Å². The normalized spacial score (nSPS) is 8.73. The maximum absolute atomic E-state index is 8.78. The van der Waals surface area contributed by atoms with E-state index in [1.807, 2.05) is 0 Å². The summed E-state index contributed by atoms with van der Waals surface area (Å²) in [6, 6.07) is 0. The minimum absolute atomic E-state index is 1.33. The molecule has 0 aromatic carbocycles. The molecular weight excluding hydrogens is 170 g/mol. The monoisotopic (exact) mass is 183 g/mol. The minimum atomic E-state index is -1.67. The largest absolute Gasteiger partial charge is 0.483 e. The highest BCUT2D eigenvalue weighted by atomic mass is 28.3. The average molecular weight is 183 g/mol. The summed E-state index contributed by atoms with van der Waals surface area (Å²) in [5.74, 6) is 0. The van der Waals surface area contributed by atoms with Gasteiger partial charge in [0.15, 0.2) is 0 Å². The number of carbonyl (C=O) groups is 1. The maximum atomic E-state index is 8.78. The Morgan fingerprint density at radius 2 is 1.45 bits per heavy atom. The fourth-order valence-corrected chi connectivity index (χ4v) is 0.866. The summed E-state index contributed by atoms with van der Waals surface area (Å²) in [5, 5.41) is 7.19. The Kier molecular flexibility index (Phi) is 11.1. The fraction of sp³-hybridized carbons (Fsp3) is 0.750. The van der Waals surface area contributed by atoms with Crippen LogP contribution in [0.1, 0.15) is 0 Å². The van der Waals surface area contributed by atoms with Crippen LogP contribution in [-0.2, 0) is 13.3 Å². The second-order valence-corrected chi connectivity index (χ2v) is 3.33. The van der Waals surface area contributed by atoms with Crippen molar-refractivity contribution in [1.82, 2.24) is 0 Å². The quantitative estimate of drug-likeness (QED) is 0.563. The van der Waals surface area contributed by atoms with Gasteiger partial charge in [-0.05, 0) is 0 Å². The van der Waals surface area contributed by atoms with Crippen LogP contribution in [-0.4, -0.2) is 42.1 Å². The first kappa shape index (κ1) is 13.0. The molecule has 0 saturated heterocycles. The Bertz CT molecular complexity index is 87.0. The van der Waals surface area contributed by atoms with Crippen molar-refractivity contribution >= 4 is 15.6 Å². The molecule has 0 saturated carbocycles. The molecule has 0 aliphatic rings. The van der Waals surface area contributed by atoms with E-state index >= 15 is 0 Å². The minimum Gasteiger partial charge on any atom is -0.465 e. The molecule has 0 radical (unpaired) electrons. The van der Waals surface area contributed by atoms with Crippen molar-refractivity contribution in [2.45, 2.75) is 0 Å². The van der Waals surface area contributed by atoms with Gasteiger partial charge in [0.25, 0.3) is 0 Å². The van der Waals surface area contributed by atoms with E-state index in [1.54, 1.807) is 21.3 Å². The van der Waals surface area contributed by atoms with E-state index in [1.165, 1.54) is 0 Å². The molecule has 7 heteroatoms. The molecule has 11 heavy (non-hydrogen) atoms. The van der Waals surface area contributed by atoms with Crippen LogP contribution < -0.4 is 5.73 Å². The van der Waals surface area contributed by atoms with E-state index in [4.69, 9.17) is 23.2 Å². The zero-order chi connectivity index (χ0) is 9.28. The Morgan fingerprint density at radius 3 is 1.45 bits per heavy atom. The molecule has 0 fully saturated rings. The molecule has 0 aliphatic heterocycles. The molecule has 3 N–H and O–H groups in total. The van der Waals surface area contributed by atoms with Gasteiger partial charge in [0.2, 0.25) is 0 Å². The molecule has 0 bridgehead atoms. The lowest BCUT2D eigenvalue weighted by Crippen LogP contribution is -2.21. The molecule has 0 aromatic heterocycles. The summed E-state index contributed by atoms with van der Waals surface area (Å²) < 4.78 is 14.2. The lowest BCUT2D eigenvalue weighted by atomic mass is 11.3. The maximum Gasteiger partial charge on any atom is 0.483 e. The summed E-state index contributed by atoms with van der Waals surface area (Å²) in [6.45, 7) is 0. The Labute approximate surface area is 66.8 Å². The summed E-state index contributed by atoms with van der Waals surface area (Å²) in [6.07, 6.45) is -1.33. The molecule has 0 aromatic rings. The van der Waals surface area contributed by atoms with Crippen LogP contribution >= 0.6 is 0 Å². The highest BCUT2D eigenvalue weighted by Crippen LogP contribution is 1.81. The fourth-order valence-electron chi connectivity index (χ4n) is 0.289. The highest BCUT2D eigenvalue weighted by Gasteiger charge is 2.04. The summed E-state index contributed by atoms with van der Waals surface area (Å²) >= 11 is 0. The number of amides is 1. The van der Waals surface area contributed by atoms with Crippen LogP contribution in [0.25, 0.3) is 0 Å². The molecule has 0 atom stereocenters. The Balaban J connectivity index is 0. The first-order chi connectivity index (χ1) is 5.08. The van der Waals surface area contributed by atoms with Crippen LogP contribution in [0.3, 0.4) is 0 Å². The van der Waals surface area contributed by atoms with E-state index in [-0.39, 0.29) is 0 Å². The van der Waals surface area contributed by atoms with E-state index in [2.05, 4.69) is 5.73 Å². The van der Waals surface area contributed by atoms with Gasteiger partial charge < -0.3 is 24.1 Å². The third-order valence-electron chi connectivity index (χ3n) is 0.577. The molecule has 0 aliphatic carbocycles. The first-order valence-electron chi connectivity index (χ1n) is 2.65. The molecule has 68 valence electrons. The summed E-state index contributed by atoms with van der Waals surface area (Å²) in [4.78, 5) is 8.78. The molecule has 6 nitrogen and oxygen atoms in total. The number of nitrogens with two attached hydrogens (primary N) is 1. The lowest BCUT2D eigenvalue weighted by molar-refractivity contribution is 0.163. The van der Waals surface area contributed by atoms with Gasteiger partial charge in [-0.2, -0.15) is 0 Å². The molecule has 1 amide bonds. The third kappa shape index (κ3) is 17.6. The van der Waals surface area contributed by atoms with Crippen molar-refractivity contribution in [3.8, 4) is 0 Å². The number of rotatable bonds is 3. The lowest BCUT2D eigenvalue weighted by Gasteiger charge is -2.05. The highest BCUT2D eigenvalue weighted by molar-refractivity contribution is 6.36. The van der Waals surface area contributed by atoms with Gasteiger partial charge in [-0.1, -0.05) is 0 Å². The second kappa shape index (κ2) is 9.37. The second-order valence-electron chi connectivity index (χ2n) is 1.33. The van der Waals surface area contributed by atoms with E-state index in [0.29, 0.717) is 0 Å². The van der Waals surface area contributed by atoms with Gasteiger partial charge >= 0.3 is 15.6 Å². The van der Waals surface area contributed by atoms with E-state index in [0.717, 1.165) is 0 Å². The van der Waals surface area contributed by atoms with Crippen molar-refractivity contribution in [3.63, 3.8) is 0 Å². The van der Waals surface area contributed by atoms with Crippen LogP contribution in [0.5, 0.6) is 0 Å². The topological polar surface area (TPSA) is 91.0 Å². The predicted octanol–water partition coefficient (Wildman–Crippen LogP) is -0.734. The zero-order valence-corrected chi connectivity index (χ0v) is 7.89. The molecule has 0 spiro atoms. The SMILES string of the molecule is CO[SiH](OC)OC.NC(=O)O. The van der Waals surface area contributed by atoms with Crippen molar-refractivity contribution < 1.29 is 23.2 Å². The van der Waals surface area contributed by atoms with Crippen molar-refractivity contribution in [1.29, 1.82) is 0 Å².